The van der Waals surface area contributed by atoms with E-state index in [0.29, 0.717) is 5.54 Å². The van der Waals surface area contributed by atoms with Crippen LogP contribution in [0.5, 0.6) is 0 Å². The zero-order chi connectivity index (χ0) is 7.61. The lowest BCUT2D eigenvalue weighted by Crippen LogP contribution is -2.53. The molecule has 1 unspecified atom stereocenters. The lowest BCUT2D eigenvalue weighted by molar-refractivity contribution is 0.155. The van der Waals surface area contributed by atoms with Crippen molar-refractivity contribution in [3.8, 4) is 0 Å². The van der Waals surface area contributed by atoms with E-state index in [4.69, 9.17) is 0 Å². The van der Waals surface area contributed by atoms with Crippen molar-refractivity contribution in [2.75, 3.05) is 20.3 Å². The molecule has 1 atom stereocenters. The molecule has 0 radical (unpaired) electrons. The molecule has 1 heterocycles. The van der Waals surface area contributed by atoms with Crippen LogP contribution in [0.4, 0.5) is 0 Å². The Morgan fingerprint density at radius 2 is 2.30 bits per heavy atom. The van der Waals surface area contributed by atoms with Crippen LogP contribution in [0.15, 0.2) is 0 Å². The van der Waals surface area contributed by atoms with Crippen molar-refractivity contribution in [1.82, 2.24) is 10.2 Å². The molecule has 0 bridgehead atoms. The molecule has 10 heavy (non-hydrogen) atoms. The highest BCUT2D eigenvalue weighted by molar-refractivity contribution is 4.85. The molecule has 0 aromatic heterocycles. The molecule has 1 saturated heterocycles. The Bertz CT molecular complexity index is 104. The summed E-state index contributed by atoms with van der Waals surface area (Å²) in [5.74, 6) is 0. The average Bonchev–Trinajstić information content (AvgIpc) is 1.96. The van der Waals surface area contributed by atoms with E-state index in [1.165, 1.54) is 19.4 Å². The normalized spacial score (nSPS) is 36.3. The van der Waals surface area contributed by atoms with Gasteiger partial charge in [-0.15, -0.1) is 0 Å². The minimum atomic E-state index is 0.409. The van der Waals surface area contributed by atoms with Crippen molar-refractivity contribution in [2.24, 2.45) is 0 Å². The van der Waals surface area contributed by atoms with Crippen LogP contribution in [0.3, 0.4) is 0 Å². The highest BCUT2D eigenvalue weighted by Gasteiger charge is 2.25. The van der Waals surface area contributed by atoms with Crippen LogP contribution in [-0.4, -0.2) is 30.7 Å². The predicted molar refractivity (Wildman–Crippen MR) is 43.9 cm³/mol. The van der Waals surface area contributed by atoms with Gasteiger partial charge in [0, 0.05) is 18.8 Å². The van der Waals surface area contributed by atoms with Crippen molar-refractivity contribution >= 4 is 0 Å². The van der Waals surface area contributed by atoms with Gasteiger partial charge in [0.05, 0.1) is 0 Å². The second-order valence-electron chi connectivity index (χ2n) is 3.58. The molecule has 1 aliphatic heterocycles. The third-order valence-corrected chi connectivity index (χ3v) is 2.60. The summed E-state index contributed by atoms with van der Waals surface area (Å²) in [6, 6.07) is 0. The molecule has 1 aliphatic rings. The quantitative estimate of drug-likeness (QED) is 0.588. The maximum absolute atomic E-state index is 3.52. The Morgan fingerprint density at radius 3 is 2.70 bits per heavy atom. The van der Waals surface area contributed by atoms with E-state index in [0.717, 1.165) is 6.67 Å². The smallest absolute Gasteiger partial charge is 0.0481 e. The Hall–Kier alpha value is -0.0800. The van der Waals surface area contributed by atoms with Gasteiger partial charge in [0.1, 0.15) is 0 Å². The lowest BCUT2D eigenvalue weighted by Gasteiger charge is -2.38. The van der Waals surface area contributed by atoms with Crippen LogP contribution in [0.25, 0.3) is 0 Å². The molecule has 1 rings (SSSR count). The van der Waals surface area contributed by atoms with E-state index in [2.05, 4.69) is 31.1 Å². The van der Waals surface area contributed by atoms with Crippen molar-refractivity contribution in [1.29, 1.82) is 0 Å². The summed E-state index contributed by atoms with van der Waals surface area (Å²) in [5.41, 5.74) is 0.409. The number of nitrogens with one attached hydrogen (secondary N) is 1. The molecular weight excluding hydrogens is 124 g/mol. The molecule has 0 aromatic rings. The molecule has 2 heteroatoms. The molecular formula is C8H18N2. The first-order valence-corrected chi connectivity index (χ1v) is 4.10. The van der Waals surface area contributed by atoms with Gasteiger partial charge in [-0.2, -0.15) is 0 Å². The molecule has 0 saturated carbocycles. The fourth-order valence-corrected chi connectivity index (χ4v) is 1.23. The van der Waals surface area contributed by atoms with E-state index >= 15 is 0 Å². The van der Waals surface area contributed by atoms with E-state index in [1.54, 1.807) is 0 Å². The lowest BCUT2D eigenvalue weighted by atomic mass is 9.93. The van der Waals surface area contributed by atoms with Gasteiger partial charge >= 0.3 is 0 Å². The van der Waals surface area contributed by atoms with E-state index in [1.807, 2.05) is 0 Å². The van der Waals surface area contributed by atoms with Gasteiger partial charge in [0.2, 0.25) is 0 Å². The standard InChI is InChI=1S/C8H18N2/c1-4-8(2)5-6-10(3)7-9-8/h9H,4-7H2,1-3H3. The summed E-state index contributed by atoms with van der Waals surface area (Å²) >= 11 is 0. The summed E-state index contributed by atoms with van der Waals surface area (Å²) < 4.78 is 0. The van der Waals surface area contributed by atoms with E-state index < -0.39 is 0 Å². The van der Waals surface area contributed by atoms with Gasteiger partial charge < -0.3 is 0 Å². The van der Waals surface area contributed by atoms with Gasteiger partial charge in [0.25, 0.3) is 0 Å². The Balaban J connectivity index is 2.38. The van der Waals surface area contributed by atoms with Crippen LogP contribution in [0.2, 0.25) is 0 Å². The van der Waals surface area contributed by atoms with Crippen LogP contribution >= 0.6 is 0 Å². The summed E-state index contributed by atoms with van der Waals surface area (Å²) in [5, 5.41) is 3.52. The van der Waals surface area contributed by atoms with Crippen LogP contribution in [0, 0.1) is 0 Å². The SMILES string of the molecule is CCC1(C)CCN(C)CN1. The number of hydrogen-bond donors (Lipinski definition) is 1. The fraction of sp³-hybridized carbons (Fsp3) is 1.00. The Morgan fingerprint density at radius 1 is 1.60 bits per heavy atom. The van der Waals surface area contributed by atoms with Gasteiger partial charge in [-0.05, 0) is 26.8 Å². The van der Waals surface area contributed by atoms with Crippen molar-refractivity contribution in [3.63, 3.8) is 0 Å². The average molecular weight is 142 g/mol. The first-order chi connectivity index (χ1) is 4.66. The van der Waals surface area contributed by atoms with Gasteiger partial charge in [-0.25, -0.2) is 0 Å². The number of rotatable bonds is 1. The molecule has 2 nitrogen and oxygen atoms in total. The van der Waals surface area contributed by atoms with Crippen molar-refractivity contribution in [3.05, 3.63) is 0 Å². The zero-order valence-electron chi connectivity index (χ0n) is 7.28. The minimum Gasteiger partial charge on any atom is -0.299 e. The summed E-state index contributed by atoms with van der Waals surface area (Å²) in [6.45, 7) is 6.83. The molecule has 0 amide bonds. The Kier molecular flexibility index (Phi) is 2.32. The first-order valence-electron chi connectivity index (χ1n) is 4.10. The highest BCUT2D eigenvalue weighted by atomic mass is 15.2. The third kappa shape index (κ3) is 1.70. The maximum atomic E-state index is 3.52. The first kappa shape index (κ1) is 8.02. The van der Waals surface area contributed by atoms with Crippen molar-refractivity contribution in [2.45, 2.75) is 32.2 Å². The van der Waals surface area contributed by atoms with Gasteiger partial charge in [-0.3, -0.25) is 10.2 Å². The largest absolute Gasteiger partial charge is 0.299 e. The maximum Gasteiger partial charge on any atom is 0.0481 e. The molecule has 0 aliphatic carbocycles. The molecule has 1 fully saturated rings. The van der Waals surface area contributed by atoms with E-state index in [-0.39, 0.29) is 0 Å². The summed E-state index contributed by atoms with van der Waals surface area (Å²) in [4.78, 5) is 2.32. The Labute approximate surface area is 63.6 Å². The zero-order valence-corrected chi connectivity index (χ0v) is 7.28. The van der Waals surface area contributed by atoms with Crippen LogP contribution in [0.1, 0.15) is 26.7 Å². The fourth-order valence-electron chi connectivity index (χ4n) is 1.23. The van der Waals surface area contributed by atoms with Gasteiger partial charge in [0.15, 0.2) is 0 Å². The second kappa shape index (κ2) is 2.89. The summed E-state index contributed by atoms with van der Waals surface area (Å²) in [6.07, 6.45) is 2.51. The molecule has 0 spiro atoms. The number of nitrogens with zero attached hydrogens (tertiary/aromatic N) is 1. The third-order valence-electron chi connectivity index (χ3n) is 2.60. The van der Waals surface area contributed by atoms with E-state index in [9.17, 15) is 0 Å². The van der Waals surface area contributed by atoms with Crippen LogP contribution in [-0.2, 0) is 0 Å². The predicted octanol–water partition coefficient (Wildman–Crippen LogP) is 1.04. The molecule has 1 N–H and O–H groups in total. The van der Waals surface area contributed by atoms with Crippen LogP contribution < -0.4 is 5.32 Å². The van der Waals surface area contributed by atoms with Crippen molar-refractivity contribution < 1.29 is 0 Å². The molecule has 60 valence electrons. The van der Waals surface area contributed by atoms with Gasteiger partial charge in [-0.1, -0.05) is 6.92 Å². The second-order valence-corrected chi connectivity index (χ2v) is 3.58. The molecule has 0 aromatic carbocycles. The summed E-state index contributed by atoms with van der Waals surface area (Å²) in [7, 11) is 2.15. The monoisotopic (exact) mass is 142 g/mol. The number of hydrogen-bond acceptors (Lipinski definition) is 2. The minimum absolute atomic E-state index is 0.409. The highest BCUT2D eigenvalue weighted by Crippen LogP contribution is 2.17. The topological polar surface area (TPSA) is 15.3 Å².